The second-order valence-corrected chi connectivity index (χ2v) is 4.90. The van der Waals surface area contributed by atoms with Crippen molar-refractivity contribution in [1.29, 1.82) is 0 Å². The first kappa shape index (κ1) is 12.4. The number of hydrogen-bond donors (Lipinski definition) is 1. The second-order valence-electron chi connectivity index (χ2n) is 4.90. The summed E-state index contributed by atoms with van der Waals surface area (Å²) in [7, 11) is 1.73. The van der Waals surface area contributed by atoms with Crippen LogP contribution in [0.5, 0.6) is 0 Å². The molecule has 1 heterocycles. The summed E-state index contributed by atoms with van der Waals surface area (Å²) in [6, 6.07) is 0. The fraction of sp³-hybridized carbons (Fsp3) is 0.769. The van der Waals surface area contributed by atoms with E-state index in [4.69, 9.17) is 4.74 Å². The smallest absolute Gasteiger partial charge is 0.203 e. The standard InChI is InChI=1S/C13H23N3O/c1-11-10-16(8-9-17-2)13(15-11)14-7-3-4-12-5-6-12/h10,12H,3-9H2,1-2H3,(H,14,15). The van der Waals surface area contributed by atoms with Crippen molar-refractivity contribution in [3.63, 3.8) is 0 Å². The number of nitrogens with zero attached hydrogens (tertiary/aromatic N) is 2. The van der Waals surface area contributed by atoms with Crippen molar-refractivity contribution < 1.29 is 4.74 Å². The van der Waals surface area contributed by atoms with Gasteiger partial charge in [-0.05, 0) is 25.7 Å². The van der Waals surface area contributed by atoms with Crippen LogP contribution in [0.25, 0.3) is 0 Å². The largest absolute Gasteiger partial charge is 0.383 e. The zero-order chi connectivity index (χ0) is 12.1. The Balaban J connectivity index is 1.76. The van der Waals surface area contributed by atoms with E-state index in [1.165, 1.54) is 25.7 Å². The van der Waals surface area contributed by atoms with Crippen LogP contribution in [0.15, 0.2) is 6.20 Å². The molecule has 1 aromatic rings. The highest BCUT2D eigenvalue weighted by atomic mass is 16.5. The normalized spacial score (nSPS) is 15.2. The average molecular weight is 237 g/mol. The van der Waals surface area contributed by atoms with Crippen LogP contribution in [0.2, 0.25) is 0 Å². The molecule has 1 aromatic heterocycles. The molecule has 0 aliphatic heterocycles. The van der Waals surface area contributed by atoms with Gasteiger partial charge in [-0.3, -0.25) is 0 Å². The van der Waals surface area contributed by atoms with Crippen LogP contribution in [0, 0.1) is 12.8 Å². The highest BCUT2D eigenvalue weighted by Gasteiger charge is 2.20. The lowest BCUT2D eigenvalue weighted by Crippen LogP contribution is -2.11. The van der Waals surface area contributed by atoms with Crippen LogP contribution in [0.4, 0.5) is 5.95 Å². The van der Waals surface area contributed by atoms with Crippen LogP contribution in [-0.2, 0) is 11.3 Å². The molecule has 4 heteroatoms. The van der Waals surface area contributed by atoms with Gasteiger partial charge in [-0.1, -0.05) is 12.8 Å². The van der Waals surface area contributed by atoms with Crippen LogP contribution >= 0.6 is 0 Å². The SMILES string of the molecule is COCCn1cc(C)nc1NCCCC1CC1. The monoisotopic (exact) mass is 237 g/mol. The zero-order valence-electron chi connectivity index (χ0n) is 10.9. The molecule has 1 aliphatic carbocycles. The molecule has 0 atom stereocenters. The van der Waals surface area contributed by atoms with Crippen molar-refractivity contribution in [2.75, 3.05) is 25.6 Å². The molecule has 0 aromatic carbocycles. The Hall–Kier alpha value is -1.03. The summed E-state index contributed by atoms with van der Waals surface area (Å²) in [6.07, 6.45) is 7.58. The van der Waals surface area contributed by atoms with Crippen LogP contribution < -0.4 is 5.32 Å². The van der Waals surface area contributed by atoms with E-state index >= 15 is 0 Å². The van der Waals surface area contributed by atoms with Gasteiger partial charge in [0.2, 0.25) is 5.95 Å². The van der Waals surface area contributed by atoms with E-state index in [0.29, 0.717) is 0 Å². The third-order valence-electron chi connectivity index (χ3n) is 3.20. The maximum absolute atomic E-state index is 5.10. The first-order valence-electron chi connectivity index (χ1n) is 6.56. The van der Waals surface area contributed by atoms with E-state index in [1.807, 2.05) is 6.92 Å². The van der Waals surface area contributed by atoms with Crippen molar-refractivity contribution in [2.45, 2.75) is 39.2 Å². The summed E-state index contributed by atoms with van der Waals surface area (Å²) in [5.41, 5.74) is 1.06. The molecule has 4 nitrogen and oxygen atoms in total. The van der Waals surface area contributed by atoms with Gasteiger partial charge < -0.3 is 14.6 Å². The molecule has 0 amide bonds. The lowest BCUT2D eigenvalue weighted by molar-refractivity contribution is 0.187. The zero-order valence-corrected chi connectivity index (χ0v) is 10.9. The molecule has 17 heavy (non-hydrogen) atoms. The van der Waals surface area contributed by atoms with Gasteiger partial charge in [-0.15, -0.1) is 0 Å². The summed E-state index contributed by atoms with van der Waals surface area (Å²) in [4.78, 5) is 4.49. The van der Waals surface area contributed by atoms with Gasteiger partial charge in [-0.2, -0.15) is 0 Å². The topological polar surface area (TPSA) is 39.1 Å². The van der Waals surface area contributed by atoms with Crippen molar-refractivity contribution in [3.8, 4) is 0 Å². The minimum Gasteiger partial charge on any atom is -0.383 e. The number of imidazole rings is 1. The lowest BCUT2D eigenvalue weighted by Gasteiger charge is -2.08. The molecule has 0 unspecified atom stereocenters. The molecular formula is C13H23N3O. The Morgan fingerprint density at radius 3 is 3.06 bits per heavy atom. The van der Waals surface area contributed by atoms with Crippen molar-refractivity contribution in [3.05, 3.63) is 11.9 Å². The van der Waals surface area contributed by atoms with Gasteiger partial charge in [0, 0.05) is 26.4 Å². The average Bonchev–Trinajstić information content (AvgIpc) is 3.06. The van der Waals surface area contributed by atoms with Gasteiger partial charge in [0.25, 0.3) is 0 Å². The number of aromatic nitrogens is 2. The van der Waals surface area contributed by atoms with E-state index in [-0.39, 0.29) is 0 Å². The Morgan fingerprint density at radius 2 is 2.35 bits per heavy atom. The first-order valence-corrected chi connectivity index (χ1v) is 6.56. The van der Waals surface area contributed by atoms with Gasteiger partial charge in [-0.25, -0.2) is 4.98 Å². The minimum absolute atomic E-state index is 0.729. The van der Waals surface area contributed by atoms with E-state index < -0.39 is 0 Å². The third kappa shape index (κ3) is 4.04. The Labute approximate surface area is 103 Å². The van der Waals surface area contributed by atoms with Crippen LogP contribution in [-0.4, -0.2) is 29.8 Å². The summed E-state index contributed by atoms with van der Waals surface area (Å²) in [5, 5.41) is 3.42. The fourth-order valence-corrected chi connectivity index (χ4v) is 2.05. The van der Waals surface area contributed by atoms with Crippen molar-refractivity contribution in [1.82, 2.24) is 9.55 Å². The molecule has 1 fully saturated rings. The second kappa shape index (κ2) is 6.05. The fourth-order valence-electron chi connectivity index (χ4n) is 2.05. The maximum atomic E-state index is 5.10. The summed E-state index contributed by atoms with van der Waals surface area (Å²) in [5.74, 6) is 2.00. The van der Waals surface area contributed by atoms with Gasteiger partial charge in [0.05, 0.1) is 12.3 Å². The molecule has 1 aliphatic rings. The summed E-state index contributed by atoms with van der Waals surface area (Å²) in [6.45, 7) is 4.65. The summed E-state index contributed by atoms with van der Waals surface area (Å²) < 4.78 is 7.23. The van der Waals surface area contributed by atoms with Crippen molar-refractivity contribution in [2.24, 2.45) is 5.92 Å². The minimum atomic E-state index is 0.729. The third-order valence-corrected chi connectivity index (χ3v) is 3.20. The number of nitrogens with one attached hydrogen (secondary N) is 1. The highest BCUT2D eigenvalue weighted by molar-refractivity contribution is 5.28. The number of anilines is 1. The van der Waals surface area contributed by atoms with Gasteiger partial charge in [0.1, 0.15) is 0 Å². The first-order chi connectivity index (χ1) is 8.29. The molecule has 0 spiro atoms. The number of hydrogen-bond acceptors (Lipinski definition) is 3. The lowest BCUT2D eigenvalue weighted by atomic mass is 10.2. The van der Waals surface area contributed by atoms with E-state index in [2.05, 4.69) is 21.1 Å². The quantitative estimate of drug-likeness (QED) is 0.706. The molecule has 1 N–H and O–H groups in total. The number of rotatable bonds is 8. The van der Waals surface area contributed by atoms with E-state index in [9.17, 15) is 0 Å². The highest BCUT2D eigenvalue weighted by Crippen LogP contribution is 2.33. The summed E-state index contributed by atoms with van der Waals surface area (Å²) >= 11 is 0. The van der Waals surface area contributed by atoms with E-state index in [0.717, 1.165) is 37.3 Å². The molecule has 2 rings (SSSR count). The Bertz CT molecular complexity index is 344. The molecule has 0 saturated heterocycles. The Morgan fingerprint density at radius 1 is 1.53 bits per heavy atom. The van der Waals surface area contributed by atoms with Gasteiger partial charge in [0.15, 0.2) is 0 Å². The van der Waals surface area contributed by atoms with Gasteiger partial charge >= 0.3 is 0 Å². The number of ether oxygens (including phenoxy) is 1. The number of aryl methyl sites for hydroxylation is 1. The van der Waals surface area contributed by atoms with Crippen molar-refractivity contribution >= 4 is 5.95 Å². The number of methoxy groups -OCH3 is 1. The molecule has 0 bridgehead atoms. The molecule has 96 valence electrons. The van der Waals surface area contributed by atoms with Crippen LogP contribution in [0.1, 0.15) is 31.4 Å². The van der Waals surface area contributed by atoms with E-state index in [1.54, 1.807) is 7.11 Å². The Kier molecular flexibility index (Phi) is 4.42. The predicted octanol–water partition coefficient (Wildman–Crippen LogP) is 2.44. The van der Waals surface area contributed by atoms with Crippen LogP contribution in [0.3, 0.4) is 0 Å². The molecule has 1 saturated carbocycles. The maximum Gasteiger partial charge on any atom is 0.203 e. The predicted molar refractivity (Wildman–Crippen MR) is 69.3 cm³/mol. The molecule has 0 radical (unpaired) electrons. The molecular weight excluding hydrogens is 214 g/mol.